The van der Waals surface area contributed by atoms with Gasteiger partial charge in [0.2, 0.25) is 18.6 Å². The molecular weight excluding hydrogens is 372 g/mol. The molecule has 0 spiro atoms. The van der Waals surface area contributed by atoms with E-state index in [0.717, 1.165) is 18.9 Å². The summed E-state index contributed by atoms with van der Waals surface area (Å²) < 4.78 is 10.6. The van der Waals surface area contributed by atoms with Crippen molar-refractivity contribution in [3.8, 4) is 11.5 Å². The Morgan fingerprint density at radius 1 is 1.00 bits per heavy atom. The number of rotatable bonds is 4. The minimum atomic E-state index is -0.262. The molecule has 1 aromatic heterocycles. The standard InChI is InChI=1S/C21H22N4O4/c26-20(23-14-4-5-17-18(11-14)29-13-28-17)15-12-16(15)21(27)25-9-7-24(8-10-25)19-3-1-2-6-22-19/h1-6,11,15-16H,7-10,12-13H2,(H,23,26). The molecule has 1 N–H and O–H groups in total. The van der Waals surface area contributed by atoms with Gasteiger partial charge >= 0.3 is 0 Å². The van der Waals surface area contributed by atoms with Gasteiger partial charge in [-0.15, -0.1) is 0 Å². The van der Waals surface area contributed by atoms with Gasteiger partial charge in [0.15, 0.2) is 11.5 Å². The lowest BCUT2D eigenvalue weighted by molar-refractivity contribution is -0.134. The van der Waals surface area contributed by atoms with Crippen LogP contribution in [-0.2, 0) is 9.59 Å². The number of ether oxygens (including phenoxy) is 2. The highest BCUT2D eigenvalue weighted by Gasteiger charge is 2.49. The van der Waals surface area contributed by atoms with E-state index in [1.807, 2.05) is 23.1 Å². The third-order valence-corrected chi connectivity index (χ3v) is 5.65. The second-order valence-corrected chi connectivity index (χ2v) is 7.51. The van der Waals surface area contributed by atoms with E-state index in [9.17, 15) is 9.59 Å². The zero-order valence-electron chi connectivity index (χ0n) is 15.9. The molecule has 1 aliphatic carbocycles. The van der Waals surface area contributed by atoms with Crippen molar-refractivity contribution in [2.75, 3.05) is 43.2 Å². The number of benzene rings is 1. The van der Waals surface area contributed by atoms with Crippen molar-refractivity contribution in [1.29, 1.82) is 0 Å². The summed E-state index contributed by atoms with van der Waals surface area (Å²) in [5.74, 6) is 1.72. The molecule has 1 aromatic carbocycles. The lowest BCUT2D eigenvalue weighted by atomic mass is 10.2. The molecule has 2 unspecified atom stereocenters. The lowest BCUT2D eigenvalue weighted by Gasteiger charge is -2.35. The molecule has 5 rings (SSSR count). The summed E-state index contributed by atoms with van der Waals surface area (Å²) in [6.07, 6.45) is 2.39. The van der Waals surface area contributed by atoms with E-state index < -0.39 is 0 Å². The van der Waals surface area contributed by atoms with E-state index in [-0.39, 0.29) is 30.4 Å². The van der Waals surface area contributed by atoms with Crippen molar-refractivity contribution in [1.82, 2.24) is 9.88 Å². The van der Waals surface area contributed by atoms with Crippen LogP contribution in [0, 0.1) is 11.8 Å². The highest BCUT2D eigenvalue weighted by atomic mass is 16.7. The molecule has 1 saturated heterocycles. The number of hydrogen-bond donors (Lipinski definition) is 1. The number of carbonyl (C=O) groups excluding carboxylic acids is 2. The van der Waals surface area contributed by atoms with Gasteiger partial charge in [-0.05, 0) is 30.7 Å². The van der Waals surface area contributed by atoms with Gasteiger partial charge in [0.1, 0.15) is 5.82 Å². The second-order valence-electron chi connectivity index (χ2n) is 7.51. The molecule has 2 aromatic rings. The highest BCUT2D eigenvalue weighted by molar-refractivity contribution is 5.99. The number of carbonyl (C=O) groups is 2. The molecule has 2 fully saturated rings. The fourth-order valence-corrected chi connectivity index (χ4v) is 3.90. The fraction of sp³-hybridized carbons (Fsp3) is 0.381. The van der Waals surface area contributed by atoms with Crippen molar-refractivity contribution in [2.45, 2.75) is 6.42 Å². The molecular formula is C21H22N4O4. The molecule has 8 heteroatoms. The maximum Gasteiger partial charge on any atom is 0.231 e. The van der Waals surface area contributed by atoms with Crippen LogP contribution in [-0.4, -0.2) is 54.7 Å². The Balaban J connectivity index is 1.13. The molecule has 150 valence electrons. The molecule has 3 aliphatic rings. The maximum atomic E-state index is 12.8. The number of aromatic nitrogens is 1. The molecule has 3 heterocycles. The molecule has 0 radical (unpaired) electrons. The summed E-state index contributed by atoms with van der Waals surface area (Å²) in [6.45, 7) is 3.01. The fourth-order valence-electron chi connectivity index (χ4n) is 3.90. The average molecular weight is 394 g/mol. The molecule has 8 nitrogen and oxygen atoms in total. The predicted molar refractivity (Wildman–Crippen MR) is 106 cm³/mol. The minimum absolute atomic E-state index is 0.0801. The van der Waals surface area contributed by atoms with Gasteiger partial charge in [-0.25, -0.2) is 4.98 Å². The van der Waals surface area contributed by atoms with Crippen molar-refractivity contribution in [3.05, 3.63) is 42.6 Å². The van der Waals surface area contributed by atoms with Gasteiger partial charge in [0, 0.05) is 44.1 Å². The van der Waals surface area contributed by atoms with E-state index in [2.05, 4.69) is 15.2 Å². The van der Waals surface area contributed by atoms with E-state index in [1.165, 1.54) is 0 Å². The van der Waals surface area contributed by atoms with Crippen molar-refractivity contribution < 1.29 is 19.1 Å². The number of amides is 2. The zero-order valence-corrected chi connectivity index (χ0v) is 15.9. The van der Waals surface area contributed by atoms with E-state index >= 15 is 0 Å². The SMILES string of the molecule is O=C(Nc1ccc2c(c1)OCO2)C1CC1C(=O)N1CCN(c2ccccn2)CC1. The van der Waals surface area contributed by atoms with Crippen molar-refractivity contribution in [3.63, 3.8) is 0 Å². The molecule has 2 aliphatic heterocycles. The normalized spacial score (nSPS) is 22.3. The smallest absolute Gasteiger partial charge is 0.231 e. The summed E-state index contributed by atoms with van der Waals surface area (Å²) in [6, 6.07) is 11.1. The third-order valence-electron chi connectivity index (χ3n) is 5.65. The molecule has 2 amide bonds. The number of nitrogens with one attached hydrogen (secondary N) is 1. The number of fused-ring (bicyclic) bond motifs is 1. The first-order valence-corrected chi connectivity index (χ1v) is 9.84. The molecule has 29 heavy (non-hydrogen) atoms. The van der Waals surface area contributed by atoms with E-state index in [4.69, 9.17) is 9.47 Å². The molecule has 2 atom stereocenters. The van der Waals surface area contributed by atoms with Gasteiger partial charge in [-0.2, -0.15) is 0 Å². The van der Waals surface area contributed by atoms with Crippen LogP contribution in [0.4, 0.5) is 11.5 Å². The first-order chi connectivity index (χ1) is 14.2. The minimum Gasteiger partial charge on any atom is -0.454 e. The Hall–Kier alpha value is -3.29. The summed E-state index contributed by atoms with van der Waals surface area (Å²) >= 11 is 0. The topological polar surface area (TPSA) is 84.0 Å². The Kier molecular flexibility index (Phi) is 4.46. The van der Waals surface area contributed by atoms with Crippen LogP contribution in [0.25, 0.3) is 0 Å². The Labute approximate surface area is 168 Å². The van der Waals surface area contributed by atoms with Gasteiger partial charge in [-0.1, -0.05) is 6.07 Å². The van der Waals surface area contributed by atoms with Gasteiger partial charge in [-0.3, -0.25) is 9.59 Å². The summed E-state index contributed by atoms with van der Waals surface area (Å²) in [5.41, 5.74) is 0.654. The largest absolute Gasteiger partial charge is 0.454 e. The number of hydrogen-bond acceptors (Lipinski definition) is 6. The summed E-state index contributed by atoms with van der Waals surface area (Å²) in [5, 5.41) is 2.89. The van der Waals surface area contributed by atoms with Crippen LogP contribution in [0.15, 0.2) is 42.6 Å². The first kappa shape index (κ1) is 17.8. The van der Waals surface area contributed by atoms with Crippen molar-refractivity contribution in [2.24, 2.45) is 11.8 Å². The van der Waals surface area contributed by atoms with Crippen LogP contribution in [0.5, 0.6) is 11.5 Å². The quantitative estimate of drug-likeness (QED) is 0.850. The summed E-state index contributed by atoms with van der Waals surface area (Å²) in [4.78, 5) is 33.8. The number of pyridine rings is 1. The molecule has 0 bridgehead atoms. The predicted octanol–water partition coefficient (Wildman–Crippen LogP) is 1.73. The Morgan fingerprint density at radius 2 is 1.83 bits per heavy atom. The average Bonchev–Trinajstić information content (AvgIpc) is 3.44. The summed E-state index contributed by atoms with van der Waals surface area (Å²) in [7, 11) is 0. The van der Waals surface area contributed by atoms with Gasteiger partial charge in [0.05, 0.1) is 11.8 Å². The van der Waals surface area contributed by atoms with E-state index in [0.29, 0.717) is 36.7 Å². The van der Waals surface area contributed by atoms with Crippen LogP contribution >= 0.6 is 0 Å². The Bertz CT molecular complexity index is 928. The third kappa shape index (κ3) is 3.57. The van der Waals surface area contributed by atoms with Crippen LogP contribution < -0.4 is 19.7 Å². The Morgan fingerprint density at radius 3 is 2.62 bits per heavy atom. The lowest BCUT2D eigenvalue weighted by Crippen LogP contribution is -2.49. The van der Waals surface area contributed by atoms with Crippen molar-refractivity contribution >= 4 is 23.3 Å². The van der Waals surface area contributed by atoms with Gasteiger partial charge < -0.3 is 24.6 Å². The van der Waals surface area contributed by atoms with E-state index in [1.54, 1.807) is 24.4 Å². The van der Waals surface area contributed by atoms with Crippen LogP contribution in [0.3, 0.4) is 0 Å². The zero-order chi connectivity index (χ0) is 19.8. The number of anilines is 2. The van der Waals surface area contributed by atoms with Crippen LogP contribution in [0.2, 0.25) is 0 Å². The second kappa shape index (κ2) is 7.27. The monoisotopic (exact) mass is 394 g/mol. The van der Waals surface area contributed by atoms with Gasteiger partial charge in [0.25, 0.3) is 0 Å². The maximum absolute atomic E-state index is 12.8. The molecule has 1 saturated carbocycles. The first-order valence-electron chi connectivity index (χ1n) is 9.84. The number of nitrogens with zero attached hydrogens (tertiary/aromatic N) is 3. The highest BCUT2D eigenvalue weighted by Crippen LogP contribution is 2.41. The number of piperazine rings is 1. The van der Waals surface area contributed by atoms with Crippen LogP contribution in [0.1, 0.15) is 6.42 Å².